The molecule has 1 unspecified atom stereocenters. The van der Waals surface area contributed by atoms with Crippen molar-refractivity contribution in [3.63, 3.8) is 0 Å². The van der Waals surface area contributed by atoms with Crippen LogP contribution in [0.15, 0.2) is 24.7 Å². The first-order chi connectivity index (χ1) is 14.6. The number of rotatable bonds is 4. The summed E-state index contributed by atoms with van der Waals surface area (Å²) in [6.45, 7) is 4.60. The number of fused-ring (bicyclic) bond motifs is 1. The number of aromatic nitrogens is 4. The summed E-state index contributed by atoms with van der Waals surface area (Å²) in [6.07, 6.45) is 6.93. The van der Waals surface area contributed by atoms with Crippen LogP contribution >= 0.6 is 11.3 Å². The third-order valence-corrected chi connectivity index (χ3v) is 6.61. The molecule has 5 heterocycles. The van der Waals surface area contributed by atoms with E-state index >= 15 is 0 Å². The van der Waals surface area contributed by atoms with E-state index in [1.807, 2.05) is 6.20 Å². The minimum atomic E-state index is -0.208. The fourth-order valence-electron chi connectivity index (χ4n) is 4.05. The Morgan fingerprint density at radius 2 is 2.03 bits per heavy atom. The number of piperidine rings is 1. The van der Waals surface area contributed by atoms with Gasteiger partial charge in [-0.2, -0.15) is 0 Å². The molecule has 0 bridgehead atoms. The van der Waals surface area contributed by atoms with Crippen LogP contribution in [0.25, 0.3) is 10.2 Å². The van der Waals surface area contributed by atoms with E-state index in [9.17, 15) is 5.11 Å². The molecule has 0 spiro atoms. The molecule has 2 saturated heterocycles. The van der Waals surface area contributed by atoms with Crippen LogP contribution in [0.3, 0.4) is 0 Å². The Balaban J connectivity index is 1.31. The van der Waals surface area contributed by atoms with Gasteiger partial charge in [-0.1, -0.05) is 0 Å². The van der Waals surface area contributed by atoms with Crippen molar-refractivity contribution >= 4 is 33.5 Å². The number of likely N-dealkylation sites (tertiary alicyclic amines) is 1. The van der Waals surface area contributed by atoms with E-state index in [4.69, 9.17) is 15.5 Å². The Kier molecular flexibility index (Phi) is 5.47. The number of nitrogens with two attached hydrogens (primary N) is 1. The summed E-state index contributed by atoms with van der Waals surface area (Å²) in [4.78, 5) is 24.3. The summed E-state index contributed by atoms with van der Waals surface area (Å²) in [5.41, 5.74) is 6.49. The first-order valence-electron chi connectivity index (χ1n) is 10.2. The molecular formula is C20H25N7O2S. The minimum Gasteiger partial charge on any atom is -0.392 e. The summed E-state index contributed by atoms with van der Waals surface area (Å²) in [5.74, 6) is 0.974. The molecule has 9 nitrogen and oxygen atoms in total. The number of hydrogen-bond donors (Lipinski definition) is 2. The molecule has 10 heteroatoms. The molecule has 2 fully saturated rings. The van der Waals surface area contributed by atoms with Crippen LogP contribution in [-0.2, 0) is 11.3 Å². The van der Waals surface area contributed by atoms with Gasteiger partial charge in [0.2, 0.25) is 11.9 Å². The van der Waals surface area contributed by atoms with Crippen molar-refractivity contribution in [3.8, 4) is 0 Å². The van der Waals surface area contributed by atoms with Gasteiger partial charge >= 0.3 is 0 Å². The third kappa shape index (κ3) is 4.22. The molecule has 30 heavy (non-hydrogen) atoms. The Morgan fingerprint density at radius 1 is 1.17 bits per heavy atom. The molecule has 0 saturated carbocycles. The molecule has 3 aromatic heterocycles. The van der Waals surface area contributed by atoms with Crippen molar-refractivity contribution in [1.29, 1.82) is 0 Å². The van der Waals surface area contributed by atoms with Gasteiger partial charge < -0.3 is 20.5 Å². The topological polar surface area (TPSA) is 114 Å². The number of β-amino-alcohol motifs (C(OH)–C–C–N with tert-alkyl or cyclic N) is 1. The highest BCUT2D eigenvalue weighted by molar-refractivity contribution is 7.18. The zero-order chi connectivity index (χ0) is 20.5. The lowest BCUT2D eigenvalue weighted by molar-refractivity contribution is 0.0388. The number of thiophene rings is 1. The van der Waals surface area contributed by atoms with Gasteiger partial charge in [-0.3, -0.25) is 4.90 Å². The van der Waals surface area contributed by atoms with Crippen LogP contribution < -0.4 is 10.6 Å². The second-order valence-corrected chi connectivity index (χ2v) is 8.97. The predicted octanol–water partition coefficient (Wildman–Crippen LogP) is 1.60. The lowest BCUT2D eigenvalue weighted by Crippen LogP contribution is -2.39. The van der Waals surface area contributed by atoms with E-state index < -0.39 is 0 Å². The summed E-state index contributed by atoms with van der Waals surface area (Å²) >= 11 is 1.70. The highest BCUT2D eigenvalue weighted by Gasteiger charge is 2.25. The molecule has 158 valence electrons. The van der Waals surface area contributed by atoms with Crippen LogP contribution in [0, 0.1) is 0 Å². The number of morpholine rings is 1. The molecule has 2 aliphatic rings. The second kappa shape index (κ2) is 8.38. The van der Waals surface area contributed by atoms with E-state index in [2.05, 4.69) is 30.8 Å². The predicted molar refractivity (Wildman–Crippen MR) is 115 cm³/mol. The molecule has 5 rings (SSSR count). The van der Waals surface area contributed by atoms with Gasteiger partial charge in [0.15, 0.2) is 0 Å². The van der Waals surface area contributed by atoms with Crippen molar-refractivity contribution in [2.24, 2.45) is 0 Å². The monoisotopic (exact) mass is 427 g/mol. The number of nitrogen functional groups attached to an aromatic ring is 1. The Morgan fingerprint density at radius 3 is 2.87 bits per heavy atom. The van der Waals surface area contributed by atoms with Crippen molar-refractivity contribution in [2.75, 3.05) is 43.4 Å². The normalized spacial score (nSPS) is 23.2. The van der Waals surface area contributed by atoms with Crippen LogP contribution in [0.2, 0.25) is 0 Å². The molecule has 3 aromatic rings. The lowest BCUT2D eigenvalue weighted by Gasteiger charge is -2.32. The molecule has 0 aromatic carbocycles. The molecule has 2 atom stereocenters. The Bertz CT molecular complexity index is 1010. The fraction of sp³-hybridized carbons (Fsp3) is 0.500. The summed E-state index contributed by atoms with van der Waals surface area (Å²) in [7, 11) is 0. The zero-order valence-electron chi connectivity index (χ0n) is 16.6. The first-order valence-corrected chi connectivity index (χ1v) is 11.1. The molecule has 0 aliphatic carbocycles. The Hall–Kier alpha value is -2.40. The maximum Gasteiger partial charge on any atom is 0.226 e. The van der Waals surface area contributed by atoms with E-state index in [1.54, 1.807) is 23.7 Å². The van der Waals surface area contributed by atoms with Crippen LogP contribution in [0.5, 0.6) is 0 Å². The number of ether oxygens (including phenoxy) is 1. The van der Waals surface area contributed by atoms with Crippen molar-refractivity contribution < 1.29 is 9.84 Å². The van der Waals surface area contributed by atoms with Gasteiger partial charge in [0.05, 0.1) is 19.3 Å². The maximum atomic E-state index is 9.90. The van der Waals surface area contributed by atoms with E-state index in [-0.39, 0.29) is 18.2 Å². The second-order valence-electron chi connectivity index (χ2n) is 7.85. The third-order valence-electron chi connectivity index (χ3n) is 5.58. The smallest absolute Gasteiger partial charge is 0.226 e. The average molecular weight is 428 g/mol. The van der Waals surface area contributed by atoms with E-state index in [0.717, 1.165) is 54.8 Å². The number of aliphatic hydroxyl groups is 1. The van der Waals surface area contributed by atoms with E-state index in [0.29, 0.717) is 19.1 Å². The average Bonchev–Trinajstić information content (AvgIpc) is 3.16. The van der Waals surface area contributed by atoms with Crippen LogP contribution in [0.1, 0.15) is 29.4 Å². The summed E-state index contributed by atoms with van der Waals surface area (Å²) < 4.78 is 5.90. The molecular weight excluding hydrogens is 402 g/mol. The number of anilines is 2. The fourth-order valence-corrected chi connectivity index (χ4v) is 5.08. The van der Waals surface area contributed by atoms with Crippen molar-refractivity contribution in [3.05, 3.63) is 35.1 Å². The van der Waals surface area contributed by atoms with Gasteiger partial charge in [-0.25, -0.2) is 19.9 Å². The minimum absolute atomic E-state index is 0.136. The summed E-state index contributed by atoms with van der Waals surface area (Å²) in [5, 5.41) is 11.0. The van der Waals surface area contributed by atoms with Gasteiger partial charge in [-0.15, -0.1) is 11.3 Å². The first kappa shape index (κ1) is 19.6. The van der Waals surface area contributed by atoms with Crippen LogP contribution in [0.4, 0.5) is 11.9 Å². The summed E-state index contributed by atoms with van der Waals surface area (Å²) in [6, 6.07) is 2.17. The van der Waals surface area contributed by atoms with Gasteiger partial charge in [0.1, 0.15) is 10.9 Å². The molecule has 0 amide bonds. The number of aliphatic hydroxyl groups excluding tert-OH is 1. The van der Waals surface area contributed by atoms with E-state index in [1.165, 1.54) is 4.88 Å². The van der Waals surface area contributed by atoms with Crippen molar-refractivity contribution in [1.82, 2.24) is 24.8 Å². The van der Waals surface area contributed by atoms with Gasteiger partial charge in [-0.05, 0) is 25.5 Å². The van der Waals surface area contributed by atoms with Gasteiger partial charge in [0, 0.05) is 54.1 Å². The highest BCUT2D eigenvalue weighted by Crippen LogP contribution is 2.29. The standard InChI is InChI=1S/C20H25N7O2S/c21-19-22-8-14(9-23-19)17-12-27(4-5-29-17)20-24-7-13-6-16(30-18(13)25-20)11-26-3-1-2-15(28)10-26/h6-9,15,17,28H,1-5,10-12H2,(H2,21,22,23)/t15?,17-/m0/s1. The Labute approximate surface area is 178 Å². The highest BCUT2D eigenvalue weighted by atomic mass is 32.1. The maximum absolute atomic E-state index is 9.90. The SMILES string of the molecule is Nc1ncc([C@@H]2CN(c3ncc4cc(CN5CCCC(O)C5)sc4n3)CCO2)cn1. The largest absolute Gasteiger partial charge is 0.392 e. The number of nitrogens with zero attached hydrogens (tertiary/aromatic N) is 6. The van der Waals surface area contributed by atoms with Gasteiger partial charge in [0.25, 0.3) is 0 Å². The quantitative estimate of drug-likeness (QED) is 0.641. The molecule has 3 N–H and O–H groups in total. The molecule has 2 aliphatic heterocycles. The lowest BCUT2D eigenvalue weighted by atomic mass is 10.1. The number of hydrogen-bond acceptors (Lipinski definition) is 10. The van der Waals surface area contributed by atoms with Crippen molar-refractivity contribution in [2.45, 2.75) is 31.6 Å². The zero-order valence-corrected chi connectivity index (χ0v) is 17.5. The van der Waals surface area contributed by atoms with Crippen LogP contribution in [-0.4, -0.2) is 68.8 Å². The molecule has 0 radical (unpaired) electrons.